The Balaban J connectivity index is 1.96. The van der Waals surface area contributed by atoms with Crippen LogP contribution < -0.4 is 5.32 Å². The Morgan fingerprint density at radius 2 is 2.13 bits per heavy atom. The smallest absolute Gasteiger partial charge is 0.314 e. The monoisotopic (exact) mass is 226 g/mol. The van der Waals surface area contributed by atoms with Gasteiger partial charge in [-0.1, -0.05) is 0 Å². The van der Waals surface area contributed by atoms with Crippen LogP contribution in [0.2, 0.25) is 0 Å². The van der Waals surface area contributed by atoms with E-state index in [1.807, 2.05) is 0 Å². The number of carbonyl (C=O) groups excluding carboxylic acids is 1. The lowest BCUT2D eigenvalue weighted by atomic mass is 10.3. The lowest BCUT2D eigenvalue weighted by Gasteiger charge is -2.15. The Hall–Kier alpha value is -1.23. The van der Waals surface area contributed by atoms with Gasteiger partial charge in [0, 0.05) is 18.0 Å². The predicted molar refractivity (Wildman–Crippen MR) is 59.4 cm³/mol. The minimum Gasteiger partial charge on any atom is -0.314 e. The van der Waals surface area contributed by atoms with Gasteiger partial charge in [-0.3, -0.25) is 0 Å². The number of anilines is 1. The van der Waals surface area contributed by atoms with E-state index in [1.165, 1.54) is 12.1 Å². The normalized spacial score (nSPS) is 15.4. The van der Waals surface area contributed by atoms with Crippen LogP contribution in [0.15, 0.2) is 24.3 Å². The Morgan fingerprint density at radius 1 is 1.40 bits per heavy atom. The summed E-state index contributed by atoms with van der Waals surface area (Å²) >= 11 is 1.73. The highest BCUT2D eigenvalue weighted by molar-refractivity contribution is 7.99. The molecule has 15 heavy (non-hydrogen) atoms. The fourth-order valence-corrected chi connectivity index (χ4v) is 2.26. The summed E-state index contributed by atoms with van der Waals surface area (Å²) in [5.74, 6) is 1.41. The zero-order chi connectivity index (χ0) is 10.7. The second-order valence-corrected chi connectivity index (χ2v) is 4.31. The van der Waals surface area contributed by atoms with Crippen LogP contribution in [-0.4, -0.2) is 29.1 Å². The van der Waals surface area contributed by atoms with Crippen molar-refractivity contribution in [2.24, 2.45) is 0 Å². The third-order valence-corrected chi connectivity index (χ3v) is 3.10. The first-order valence-electron chi connectivity index (χ1n) is 4.65. The summed E-state index contributed by atoms with van der Waals surface area (Å²) < 4.78 is 12.6. The molecule has 1 aromatic carbocycles. The van der Waals surface area contributed by atoms with Gasteiger partial charge in [-0.25, -0.2) is 9.18 Å². The molecule has 3 nitrogen and oxygen atoms in total. The van der Waals surface area contributed by atoms with E-state index in [0.29, 0.717) is 5.69 Å². The molecule has 1 heterocycles. The van der Waals surface area contributed by atoms with E-state index in [9.17, 15) is 9.18 Å². The van der Waals surface area contributed by atoms with Crippen LogP contribution in [0.3, 0.4) is 0 Å². The topological polar surface area (TPSA) is 32.3 Å². The first-order chi connectivity index (χ1) is 7.25. The average Bonchev–Trinajstić information content (AvgIpc) is 2.74. The number of urea groups is 1. The molecule has 1 aliphatic heterocycles. The Kier molecular flexibility index (Phi) is 3.11. The number of thioether (sulfide) groups is 1. The molecule has 1 aliphatic rings. The van der Waals surface area contributed by atoms with Gasteiger partial charge in [0.2, 0.25) is 0 Å². The zero-order valence-electron chi connectivity index (χ0n) is 8.07. The molecule has 5 heteroatoms. The van der Waals surface area contributed by atoms with Crippen LogP contribution in [-0.2, 0) is 0 Å². The summed E-state index contributed by atoms with van der Waals surface area (Å²) in [4.78, 5) is 13.3. The van der Waals surface area contributed by atoms with Gasteiger partial charge < -0.3 is 10.2 Å². The molecule has 0 bridgehead atoms. The van der Waals surface area contributed by atoms with E-state index in [1.54, 1.807) is 28.8 Å². The summed E-state index contributed by atoms with van der Waals surface area (Å²) in [5.41, 5.74) is 0.623. The van der Waals surface area contributed by atoms with Crippen molar-refractivity contribution in [2.75, 3.05) is 23.5 Å². The van der Waals surface area contributed by atoms with Crippen LogP contribution in [0.4, 0.5) is 14.9 Å². The highest BCUT2D eigenvalue weighted by atomic mass is 32.2. The van der Waals surface area contributed by atoms with Crippen molar-refractivity contribution in [1.29, 1.82) is 0 Å². The number of carbonyl (C=O) groups is 1. The second kappa shape index (κ2) is 4.53. The Bertz CT molecular complexity index is 349. The van der Waals surface area contributed by atoms with E-state index < -0.39 is 0 Å². The maximum absolute atomic E-state index is 12.6. The van der Waals surface area contributed by atoms with Gasteiger partial charge in [0.25, 0.3) is 0 Å². The lowest BCUT2D eigenvalue weighted by molar-refractivity contribution is 0.225. The number of benzene rings is 1. The first-order valence-corrected chi connectivity index (χ1v) is 5.80. The van der Waals surface area contributed by atoms with Gasteiger partial charge in [-0.05, 0) is 24.3 Å². The summed E-state index contributed by atoms with van der Waals surface area (Å²) in [6.45, 7) is 0.775. The highest BCUT2D eigenvalue weighted by Gasteiger charge is 2.17. The first kappa shape index (κ1) is 10.3. The maximum Gasteiger partial charge on any atom is 0.322 e. The lowest BCUT2D eigenvalue weighted by Crippen LogP contribution is -2.32. The van der Waals surface area contributed by atoms with Crippen molar-refractivity contribution >= 4 is 23.5 Å². The number of hydrogen-bond donors (Lipinski definition) is 1. The predicted octanol–water partition coefficient (Wildman–Crippen LogP) is 2.36. The van der Waals surface area contributed by atoms with Gasteiger partial charge in [0.15, 0.2) is 0 Å². The van der Waals surface area contributed by atoms with Crippen LogP contribution in [0.1, 0.15) is 0 Å². The van der Waals surface area contributed by atoms with E-state index in [-0.39, 0.29) is 11.8 Å². The quantitative estimate of drug-likeness (QED) is 0.797. The van der Waals surface area contributed by atoms with Crippen molar-refractivity contribution in [2.45, 2.75) is 0 Å². The van der Waals surface area contributed by atoms with Crippen LogP contribution in [0, 0.1) is 5.82 Å². The van der Waals surface area contributed by atoms with Crippen LogP contribution in [0.25, 0.3) is 0 Å². The molecule has 0 atom stereocenters. The molecule has 1 saturated heterocycles. The fraction of sp³-hybridized carbons (Fsp3) is 0.300. The van der Waals surface area contributed by atoms with Crippen molar-refractivity contribution in [3.63, 3.8) is 0 Å². The molecule has 80 valence electrons. The van der Waals surface area contributed by atoms with Crippen LogP contribution >= 0.6 is 11.8 Å². The molecule has 0 saturated carbocycles. The fourth-order valence-electron chi connectivity index (χ4n) is 1.31. The van der Waals surface area contributed by atoms with E-state index in [4.69, 9.17) is 0 Å². The zero-order valence-corrected chi connectivity index (χ0v) is 8.89. The molecular formula is C10H11FN2OS. The van der Waals surface area contributed by atoms with Gasteiger partial charge in [-0.15, -0.1) is 11.8 Å². The summed E-state index contributed by atoms with van der Waals surface area (Å²) in [7, 11) is 0. The summed E-state index contributed by atoms with van der Waals surface area (Å²) in [5, 5.41) is 2.72. The van der Waals surface area contributed by atoms with E-state index in [0.717, 1.165) is 18.2 Å². The molecule has 1 fully saturated rings. The Morgan fingerprint density at radius 3 is 2.73 bits per heavy atom. The third-order valence-electron chi connectivity index (χ3n) is 2.14. The standard InChI is InChI=1S/C10H11FN2OS/c11-8-1-3-9(4-2-8)12-10(14)13-5-6-15-7-13/h1-4H,5-7H2,(H,12,14). The molecule has 1 N–H and O–H groups in total. The maximum atomic E-state index is 12.6. The van der Waals surface area contributed by atoms with Gasteiger partial charge in [0.1, 0.15) is 5.82 Å². The SMILES string of the molecule is O=C(Nc1ccc(F)cc1)N1CCSC1. The molecule has 1 aromatic rings. The van der Waals surface area contributed by atoms with Crippen LogP contribution in [0.5, 0.6) is 0 Å². The van der Waals surface area contributed by atoms with Crippen molar-refractivity contribution in [1.82, 2.24) is 4.90 Å². The average molecular weight is 226 g/mol. The molecule has 0 spiro atoms. The number of nitrogens with one attached hydrogen (secondary N) is 1. The number of nitrogens with zero attached hydrogens (tertiary/aromatic N) is 1. The molecule has 0 radical (unpaired) electrons. The van der Waals surface area contributed by atoms with Gasteiger partial charge in [0.05, 0.1) is 5.88 Å². The minimum absolute atomic E-state index is 0.119. The molecule has 0 aliphatic carbocycles. The van der Waals surface area contributed by atoms with Gasteiger partial charge in [-0.2, -0.15) is 0 Å². The molecule has 0 aromatic heterocycles. The van der Waals surface area contributed by atoms with Crippen molar-refractivity contribution < 1.29 is 9.18 Å². The molecule has 2 amide bonds. The summed E-state index contributed by atoms with van der Waals surface area (Å²) in [6, 6.07) is 5.64. The highest BCUT2D eigenvalue weighted by Crippen LogP contribution is 2.15. The molecule has 2 rings (SSSR count). The number of hydrogen-bond acceptors (Lipinski definition) is 2. The molecule has 0 unspecified atom stereocenters. The molecular weight excluding hydrogens is 215 g/mol. The summed E-state index contributed by atoms with van der Waals surface area (Å²) in [6.07, 6.45) is 0. The van der Waals surface area contributed by atoms with E-state index in [2.05, 4.69) is 5.32 Å². The second-order valence-electron chi connectivity index (χ2n) is 3.24. The number of rotatable bonds is 1. The minimum atomic E-state index is -0.301. The third kappa shape index (κ3) is 2.62. The van der Waals surface area contributed by atoms with Crippen molar-refractivity contribution in [3.05, 3.63) is 30.1 Å². The van der Waals surface area contributed by atoms with Gasteiger partial charge >= 0.3 is 6.03 Å². The number of amides is 2. The van der Waals surface area contributed by atoms with Crippen molar-refractivity contribution in [3.8, 4) is 0 Å². The number of halogens is 1. The largest absolute Gasteiger partial charge is 0.322 e. The Labute approximate surface area is 91.6 Å². The van der Waals surface area contributed by atoms with E-state index >= 15 is 0 Å².